The van der Waals surface area contributed by atoms with Gasteiger partial charge in [-0.3, -0.25) is 9.51 Å². The van der Waals surface area contributed by atoms with Crippen molar-refractivity contribution < 1.29 is 14.4 Å². The van der Waals surface area contributed by atoms with Crippen molar-refractivity contribution >= 4 is 23.4 Å². The highest BCUT2D eigenvalue weighted by atomic mass is 35.5. The van der Waals surface area contributed by atoms with Crippen LogP contribution in [0.3, 0.4) is 0 Å². The minimum absolute atomic E-state index is 0.0657. The van der Waals surface area contributed by atoms with Crippen molar-refractivity contribution in [3.05, 3.63) is 153 Å². The molecule has 0 fully saturated rings. The lowest BCUT2D eigenvalue weighted by Gasteiger charge is -2.15. The molecule has 0 aliphatic carbocycles. The third-order valence-corrected chi connectivity index (χ3v) is 7.43. The van der Waals surface area contributed by atoms with E-state index in [4.69, 9.17) is 16.3 Å². The Morgan fingerprint density at radius 3 is 2.40 bits per heavy atom. The number of nitrogens with one attached hydrogen (secondary N) is 1. The molecule has 0 amide bonds. The first-order valence-corrected chi connectivity index (χ1v) is 14.1. The molecule has 2 N–H and O–H groups in total. The summed E-state index contributed by atoms with van der Waals surface area (Å²) in [7, 11) is 0. The first-order chi connectivity index (χ1) is 20.4. The molecule has 1 heterocycles. The molecule has 7 heteroatoms. The van der Waals surface area contributed by atoms with Crippen LogP contribution in [0.5, 0.6) is 5.75 Å². The van der Waals surface area contributed by atoms with Crippen LogP contribution in [0.15, 0.2) is 119 Å². The molecule has 0 bridgehead atoms. The maximum atomic E-state index is 11.3. The molecule has 0 spiro atoms. The number of para-hydroxylation sites is 1. The highest BCUT2D eigenvalue weighted by Crippen LogP contribution is 2.26. The van der Waals surface area contributed by atoms with E-state index in [1.165, 1.54) is 5.56 Å². The van der Waals surface area contributed by atoms with Gasteiger partial charge in [-0.25, -0.2) is 4.79 Å². The van der Waals surface area contributed by atoms with E-state index in [9.17, 15) is 9.90 Å². The zero-order chi connectivity index (χ0) is 29.3. The number of hydrogen-bond donors (Lipinski definition) is 2. The predicted molar refractivity (Wildman–Crippen MR) is 167 cm³/mol. The van der Waals surface area contributed by atoms with Crippen LogP contribution in [0.2, 0.25) is 5.02 Å². The Morgan fingerprint density at radius 2 is 1.69 bits per heavy atom. The lowest BCUT2D eigenvalue weighted by atomic mass is 9.91. The zero-order valence-electron chi connectivity index (χ0n) is 23.0. The van der Waals surface area contributed by atoms with Gasteiger partial charge in [-0.05, 0) is 48.4 Å². The number of nitrogens with zero attached hydrogens (tertiary/aromatic N) is 1. The van der Waals surface area contributed by atoms with Crippen molar-refractivity contribution in [3.8, 4) is 17.1 Å². The average molecular weight is 579 g/mol. The Labute approximate surface area is 249 Å². The number of benzene rings is 4. The van der Waals surface area contributed by atoms with Crippen LogP contribution in [0, 0.1) is 5.92 Å². The van der Waals surface area contributed by atoms with Crippen molar-refractivity contribution in [2.24, 2.45) is 5.92 Å². The number of aryl methyl sites for hydroxylation is 1. The van der Waals surface area contributed by atoms with Crippen molar-refractivity contribution in [3.63, 3.8) is 0 Å². The molecule has 6 nitrogen and oxygen atoms in total. The van der Waals surface area contributed by atoms with Gasteiger partial charge >= 0.3 is 5.76 Å². The molecule has 212 valence electrons. The van der Waals surface area contributed by atoms with Gasteiger partial charge in [0.2, 0.25) is 0 Å². The van der Waals surface area contributed by atoms with Crippen molar-refractivity contribution in [2.45, 2.75) is 25.9 Å². The van der Waals surface area contributed by atoms with Crippen LogP contribution >= 0.6 is 11.6 Å². The van der Waals surface area contributed by atoms with Crippen molar-refractivity contribution in [1.82, 2.24) is 10.1 Å². The molecule has 5 aromatic rings. The Hall–Kier alpha value is -4.81. The van der Waals surface area contributed by atoms with Crippen LogP contribution in [-0.4, -0.2) is 15.2 Å². The molecule has 4 aromatic carbocycles. The summed E-state index contributed by atoms with van der Waals surface area (Å²) >= 11 is 6.33. The molecular formula is C35H31ClN2O4. The number of rotatable bonds is 12. The fraction of sp³-hybridized carbons (Fsp3) is 0.143. The number of H-pyrrole nitrogens is 1. The fourth-order valence-electron chi connectivity index (χ4n) is 4.70. The van der Waals surface area contributed by atoms with Gasteiger partial charge in [0.05, 0.1) is 0 Å². The summed E-state index contributed by atoms with van der Waals surface area (Å²) in [4.78, 5) is 13.9. The highest BCUT2D eigenvalue weighted by Gasteiger charge is 2.11. The largest absolute Gasteiger partial charge is 0.508 e. The van der Waals surface area contributed by atoms with Gasteiger partial charge in [0.25, 0.3) is 0 Å². The first-order valence-electron chi connectivity index (χ1n) is 13.7. The maximum Gasteiger partial charge on any atom is 0.439 e. The topological polar surface area (TPSA) is 88.3 Å². The van der Waals surface area contributed by atoms with Crippen molar-refractivity contribution in [2.75, 3.05) is 0 Å². The smallest absolute Gasteiger partial charge is 0.439 e. The molecule has 1 unspecified atom stereocenters. The van der Waals surface area contributed by atoms with Gasteiger partial charge in [0.15, 0.2) is 5.82 Å². The normalized spacial score (nSPS) is 11.9. The summed E-state index contributed by atoms with van der Waals surface area (Å²) < 4.78 is 10.8. The van der Waals surface area contributed by atoms with E-state index in [-0.39, 0.29) is 11.7 Å². The van der Waals surface area contributed by atoms with Crippen LogP contribution in [0.4, 0.5) is 0 Å². The number of aromatic nitrogens is 2. The molecular weight excluding hydrogens is 548 g/mol. The maximum absolute atomic E-state index is 11.3. The second kappa shape index (κ2) is 13.7. The average Bonchev–Trinajstić information content (AvgIpc) is 3.45. The van der Waals surface area contributed by atoms with Gasteiger partial charge in [-0.1, -0.05) is 120 Å². The summed E-state index contributed by atoms with van der Waals surface area (Å²) in [5.41, 5.74) is 5.78. The summed E-state index contributed by atoms with van der Waals surface area (Å²) in [6, 6.07) is 31.5. The predicted octanol–water partition coefficient (Wildman–Crippen LogP) is 8.30. The second-order valence-corrected chi connectivity index (χ2v) is 10.5. The summed E-state index contributed by atoms with van der Waals surface area (Å²) in [6.45, 7) is 3.98. The SMILES string of the molecule is C=C(O)c1ccc(CCC(/C=C/c2ccccc2OCc2ccccc2Cl)Cc2ccc(-c3noc(=O)[nH]3)cc2)cc1. The Bertz CT molecular complexity index is 1720. The monoisotopic (exact) mass is 578 g/mol. The van der Waals surface area contributed by atoms with E-state index >= 15 is 0 Å². The lowest BCUT2D eigenvalue weighted by molar-refractivity contribution is 0.305. The quantitative estimate of drug-likeness (QED) is 0.145. The molecule has 1 atom stereocenters. The number of aliphatic hydroxyl groups is 1. The lowest BCUT2D eigenvalue weighted by Crippen LogP contribution is -2.04. The molecule has 0 radical (unpaired) electrons. The molecule has 0 aliphatic heterocycles. The number of ether oxygens (including phenoxy) is 1. The molecule has 0 saturated carbocycles. The molecule has 0 saturated heterocycles. The van der Waals surface area contributed by atoms with Gasteiger partial charge in [0, 0.05) is 27.3 Å². The number of aliphatic hydroxyl groups excluding tert-OH is 1. The molecule has 5 rings (SSSR count). The van der Waals surface area contributed by atoms with E-state index in [0.29, 0.717) is 17.5 Å². The highest BCUT2D eigenvalue weighted by molar-refractivity contribution is 6.31. The molecule has 0 aliphatic rings. The van der Waals surface area contributed by atoms with Crippen LogP contribution in [0.25, 0.3) is 23.2 Å². The van der Waals surface area contributed by atoms with Gasteiger partial charge in [0.1, 0.15) is 18.1 Å². The zero-order valence-corrected chi connectivity index (χ0v) is 23.8. The van der Waals surface area contributed by atoms with E-state index in [2.05, 4.69) is 33.4 Å². The number of hydrogen-bond acceptors (Lipinski definition) is 5. The van der Waals surface area contributed by atoms with Gasteiger partial charge in [-0.15, -0.1) is 0 Å². The van der Waals surface area contributed by atoms with E-state index in [0.717, 1.165) is 52.8 Å². The summed E-state index contributed by atoms with van der Waals surface area (Å²) in [5, 5.41) is 14.1. The number of allylic oxidation sites excluding steroid dienone is 1. The third-order valence-electron chi connectivity index (χ3n) is 7.06. The summed E-state index contributed by atoms with van der Waals surface area (Å²) in [6.07, 6.45) is 6.97. The third kappa shape index (κ3) is 7.68. The van der Waals surface area contributed by atoms with Crippen molar-refractivity contribution in [1.29, 1.82) is 0 Å². The Morgan fingerprint density at radius 1 is 0.976 bits per heavy atom. The van der Waals surface area contributed by atoms with Gasteiger partial charge < -0.3 is 9.84 Å². The minimum Gasteiger partial charge on any atom is -0.508 e. The standard InChI is InChI=1S/C35H31ClN2O4/c1-24(39)28-17-12-25(13-18-28)10-11-26(22-27-15-20-30(21-16-27)34-37-35(40)42-38-34)14-19-29-6-3-5-9-33(29)41-23-31-7-2-4-8-32(31)36/h2-9,12-21,26,39H,1,10-11,22-23H2,(H,37,38,40)/b19-14+. The van der Waals surface area contributed by atoms with E-state index in [1.807, 2.05) is 97.1 Å². The fourth-order valence-corrected chi connectivity index (χ4v) is 4.89. The van der Waals surface area contributed by atoms with E-state index < -0.39 is 5.76 Å². The van der Waals surface area contributed by atoms with Crippen LogP contribution in [0.1, 0.15) is 34.2 Å². The van der Waals surface area contributed by atoms with Crippen LogP contribution < -0.4 is 10.5 Å². The van der Waals surface area contributed by atoms with Gasteiger partial charge in [-0.2, -0.15) is 0 Å². The minimum atomic E-state index is -0.577. The molecule has 1 aromatic heterocycles. The van der Waals surface area contributed by atoms with Crippen LogP contribution in [-0.2, 0) is 19.4 Å². The molecule has 42 heavy (non-hydrogen) atoms. The number of halogens is 1. The summed E-state index contributed by atoms with van der Waals surface area (Å²) in [5.74, 6) is 0.915. The number of aromatic amines is 1. The Balaban J connectivity index is 1.33. The first kappa shape index (κ1) is 28.7. The van der Waals surface area contributed by atoms with E-state index in [1.54, 1.807) is 0 Å². The second-order valence-electron chi connectivity index (χ2n) is 10.1. The Kier molecular flexibility index (Phi) is 9.37.